The Hall–Kier alpha value is -2.12. The molecule has 3 rings (SSSR count). The summed E-state index contributed by atoms with van der Waals surface area (Å²) in [6.07, 6.45) is 1.68. The number of rotatable bonds is 7. The number of hydrogen-bond donors (Lipinski definition) is 3. The van der Waals surface area contributed by atoms with Gasteiger partial charge in [0, 0.05) is 19.1 Å². The third kappa shape index (κ3) is 5.44. The van der Waals surface area contributed by atoms with Crippen molar-refractivity contribution in [2.45, 2.75) is 38.0 Å². The van der Waals surface area contributed by atoms with Crippen LogP contribution in [0.15, 0.2) is 24.3 Å². The molecule has 1 aromatic carbocycles. The van der Waals surface area contributed by atoms with Crippen molar-refractivity contribution in [2.75, 3.05) is 26.3 Å². The summed E-state index contributed by atoms with van der Waals surface area (Å²) >= 11 is 0. The second-order valence-corrected chi connectivity index (χ2v) is 6.49. The van der Waals surface area contributed by atoms with E-state index in [-0.39, 0.29) is 24.5 Å². The second kappa shape index (κ2) is 8.31. The van der Waals surface area contributed by atoms with E-state index >= 15 is 0 Å². The summed E-state index contributed by atoms with van der Waals surface area (Å²) in [6.45, 7) is 3.81. The lowest BCUT2D eigenvalue weighted by molar-refractivity contribution is -0.134. The first-order valence-electron chi connectivity index (χ1n) is 8.76. The van der Waals surface area contributed by atoms with E-state index in [1.165, 1.54) is 0 Å². The van der Waals surface area contributed by atoms with Gasteiger partial charge in [-0.2, -0.15) is 0 Å². The van der Waals surface area contributed by atoms with Crippen LogP contribution in [-0.4, -0.2) is 50.3 Å². The topological polar surface area (TPSA) is 88.7 Å². The molecule has 136 valence electrons. The highest BCUT2D eigenvalue weighted by molar-refractivity contribution is 5.81. The van der Waals surface area contributed by atoms with Crippen molar-refractivity contribution in [1.29, 1.82) is 0 Å². The highest BCUT2D eigenvalue weighted by Gasteiger charge is 2.24. The maximum atomic E-state index is 12.2. The van der Waals surface area contributed by atoms with E-state index in [0.717, 1.165) is 24.9 Å². The van der Waals surface area contributed by atoms with Gasteiger partial charge in [-0.3, -0.25) is 9.59 Å². The van der Waals surface area contributed by atoms with Crippen LogP contribution in [0.5, 0.6) is 5.75 Å². The molecule has 1 aliphatic carbocycles. The van der Waals surface area contributed by atoms with Gasteiger partial charge in [-0.1, -0.05) is 12.1 Å². The molecule has 1 saturated carbocycles. The maximum Gasteiger partial charge on any atom is 0.258 e. The van der Waals surface area contributed by atoms with Gasteiger partial charge in [-0.05, 0) is 37.5 Å². The molecule has 2 fully saturated rings. The van der Waals surface area contributed by atoms with E-state index in [1.54, 1.807) is 12.1 Å². The number of nitrogens with one attached hydrogen (secondary N) is 3. The van der Waals surface area contributed by atoms with Crippen LogP contribution >= 0.6 is 0 Å². The Labute approximate surface area is 147 Å². The van der Waals surface area contributed by atoms with E-state index < -0.39 is 6.10 Å². The highest BCUT2D eigenvalue weighted by Crippen LogP contribution is 2.19. The Morgan fingerprint density at radius 1 is 1.32 bits per heavy atom. The Morgan fingerprint density at radius 3 is 2.72 bits per heavy atom. The lowest BCUT2D eigenvalue weighted by Crippen LogP contribution is -2.48. The summed E-state index contributed by atoms with van der Waals surface area (Å²) in [4.78, 5) is 23.8. The van der Waals surface area contributed by atoms with E-state index in [9.17, 15) is 9.59 Å². The first-order chi connectivity index (χ1) is 12.1. The average molecular weight is 347 g/mol. The molecule has 2 unspecified atom stereocenters. The van der Waals surface area contributed by atoms with E-state index in [0.29, 0.717) is 24.9 Å². The quantitative estimate of drug-likeness (QED) is 0.669. The third-order valence-electron chi connectivity index (χ3n) is 4.27. The van der Waals surface area contributed by atoms with Gasteiger partial charge in [-0.25, -0.2) is 0 Å². The van der Waals surface area contributed by atoms with Crippen molar-refractivity contribution < 1.29 is 19.1 Å². The normalized spacial score (nSPS) is 21.2. The minimum atomic E-state index is -0.441. The van der Waals surface area contributed by atoms with E-state index in [1.807, 2.05) is 19.1 Å². The Balaban J connectivity index is 1.45. The van der Waals surface area contributed by atoms with Crippen molar-refractivity contribution in [2.24, 2.45) is 0 Å². The predicted octanol–water partition coefficient (Wildman–Crippen LogP) is 0.510. The van der Waals surface area contributed by atoms with Gasteiger partial charge in [0.05, 0.1) is 12.6 Å². The summed E-state index contributed by atoms with van der Waals surface area (Å²) in [5.74, 6) is 0.429. The SMILES string of the molecule is CC(NC(=O)C1CNCCO1)c1ccc(OCC(=O)NC2CC2)cc1. The summed E-state index contributed by atoms with van der Waals surface area (Å²) in [5.41, 5.74) is 0.965. The first kappa shape index (κ1) is 17.7. The zero-order chi connectivity index (χ0) is 17.6. The molecule has 0 bridgehead atoms. The third-order valence-corrected chi connectivity index (χ3v) is 4.27. The number of morpholine rings is 1. The fraction of sp³-hybridized carbons (Fsp3) is 0.556. The van der Waals surface area contributed by atoms with Gasteiger partial charge in [0.1, 0.15) is 11.9 Å². The molecule has 7 heteroatoms. The van der Waals surface area contributed by atoms with Crippen LogP contribution in [0.3, 0.4) is 0 Å². The van der Waals surface area contributed by atoms with Crippen molar-refractivity contribution in [3.05, 3.63) is 29.8 Å². The fourth-order valence-electron chi connectivity index (χ4n) is 2.62. The Bertz CT molecular complexity index is 595. The van der Waals surface area contributed by atoms with Crippen LogP contribution < -0.4 is 20.7 Å². The van der Waals surface area contributed by atoms with E-state index in [4.69, 9.17) is 9.47 Å². The molecule has 0 aromatic heterocycles. The minimum Gasteiger partial charge on any atom is -0.484 e. The number of carbonyl (C=O) groups is 2. The summed E-state index contributed by atoms with van der Waals surface area (Å²) in [7, 11) is 0. The number of ether oxygens (including phenoxy) is 2. The molecule has 3 N–H and O–H groups in total. The van der Waals surface area contributed by atoms with Crippen LogP contribution in [0, 0.1) is 0 Å². The Kier molecular flexibility index (Phi) is 5.88. The zero-order valence-corrected chi connectivity index (χ0v) is 14.4. The number of amides is 2. The molecule has 1 aliphatic heterocycles. The van der Waals surface area contributed by atoms with Crippen molar-refractivity contribution in [3.8, 4) is 5.75 Å². The van der Waals surface area contributed by atoms with Crippen molar-refractivity contribution in [3.63, 3.8) is 0 Å². The molecule has 1 heterocycles. The van der Waals surface area contributed by atoms with Gasteiger partial charge in [-0.15, -0.1) is 0 Å². The van der Waals surface area contributed by atoms with Crippen LogP contribution in [0.2, 0.25) is 0 Å². The largest absolute Gasteiger partial charge is 0.484 e. The molecule has 2 amide bonds. The molecule has 1 saturated heterocycles. The van der Waals surface area contributed by atoms with Gasteiger partial charge >= 0.3 is 0 Å². The lowest BCUT2D eigenvalue weighted by atomic mass is 10.1. The predicted molar refractivity (Wildman–Crippen MR) is 92.3 cm³/mol. The van der Waals surface area contributed by atoms with Crippen LogP contribution in [0.4, 0.5) is 0 Å². The van der Waals surface area contributed by atoms with Crippen molar-refractivity contribution >= 4 is 11.8 Å². The molecular formula is C18H25N3O4. The minimum absolute atomic E-state index is 0.0220. The first-order valence-corrected chi connectivity index (χ1v) is 8.76. The molecule has 25 heavy (non-hydrogen) atoms. The Morgan fingerprint density at radius 2 is 2.08 bits per heavy atom. The molecule has 7 nitrogen and oxygen atoms in total. The van der Waals surface area contributed by atoms with Gasteiger partial charge in [0.2, 0.25) is 0 Å². The number of hydrogen-bond acceptors (Lipinski definition) is 5. The average Bonchev–Trinajstić information content (AvgIpc) is 3.45. The second-order valence-electron chi connectivity index (χ2n) is 6.49. The standard InChI is InChI=1S/C18H25N3O4/c1-12(20-18(23)16-10-19-8-9-24-16)13-2-6-15(7-3-13)25-11-17(22)21-14-4-5-14/h2-3,6-7,12,14,16,19H,4-5,8-11H2,1H3,(H,20,23)(H,21,22). The van der Waals surface area contributed by atoms with Crippen molar-refractivity contribution in [1.82, 2.24) is 16.0 Å². The van der Waals surface area contributed by atoms with Crippen LogP contribution in [0.1, 0.15) is 31.4 Å². The van der Waals surface area contributed by atoms with Crippen LogP contribution in [0.25, 0.3) is 0 Å². The molecule has 1 aromatic rings. The summed E-state index contributed by atoms with van der Waals surface area (Å²) in [5, 5.41) is 8.97. The van der Waals surface area contributed by atoms with Gasteiger partial charge in [0.15, 0.2) is 6.61 Å². The number of benzene rings is 1. The zero-order valence-electron chi connectivity index (χ0n) is 14.4. The summed E-state index contributed by atoms with van der Waals surface area (Å²) in [6, 6.07) is 7.59. The highest BCUT2D eigenvalue weighted by atomic mass is 16.5. The van der Waals surface area contributed by atoms with Crippen LogP contribution in [-0.2, 0) is 14.3 Å². The fourth-order valence-corrected chi connectivity index (χ4v) is 2.62. The summed E-state index contributed by atoms with van der Waals surface area (Å²) < 4.78 is 10.9. The lowest BCUT2D eigenvalue weighted by Gasteiger charge is -2.24. The maximum absolute atomic E-state index is 12.2. The monoisotopic (exact) mass is 347 g/mol. The molecule has 2 atom stereocenters. The van der Waals surface area contributed by atoms with Gasteiger partial charge in [0.25, 0.3) is 11.8 Å². The van der Waals surface area contributed by atoms with Gasteiger partial charge < -0.3 is 25.4 Å². The number of carbonyl (C=O) groups excluding carboxylic acids is 2. The molecular weight excluding hydrogens is 322 g/mol. The molecule has 0 radical (unpaired) electrons. The molecule has 2 aliphatic rings. The smallest absolute Gasteiger partial charge is 0.258 e. The molecule has 0 spiro atoms. The van der Waals surface area contributed by atoms with E-state index in [2.05, 4.69) is 16.0 Å².